The Bertz CT molecular complexity index is 1820. The van der Waals surface area contributed by atoms with Gasteiger partial charge in [-0.1, -0.05) is 12.1 Å². The number of halogens is 1. The Morgan fingerprint density at radius 1 is 0.973 bits per heavy atom. The summed E-state index contributed by atoms with van der Waals surface area (Å²) in [5.41, 5.74) is 6.25. The topological polar surface area (TPSA) is 125 Å². The first-order chi connectivity index (χ1) is 18.1. The molecule has 1 aromatic carbocycles. The average molecular weight is 491 g/mol. The molecule has 0 atom stereocenters. The molecule has 0 saturated heterocycles. The Labute approximate surface area is 209 Å². The van der Waals surface area contributed by atoms with Gasteiger partial charge in [0.2, 0.25) is 5.91 Å². The van der Waals surface area contributed by atoms with Crippen LogP contribution in [-0.2, 0) is 4.79 Å². The minimum absolute atomic E-state index is 0.0245. The lowest BCUT2D eigenvalue weighted by atomic mass is 10.1. The summed E-state index contributed by atoms with van der Waals surface area (Å²) < 4.78 is 13.9. The van der Waals surface area contributed by atoms with Crippen molar-refractivity contribution >= 4 is 33.5 Å². The Balaban J connectivity index is 1.28. The third kappa shape index (κ3) is 3.88. The maximum absolute atomic E-state index is 13.9. The first kappa shape index (κ1) is 21.3. The van der Waals surface area contributed by atoms with Crippen LogP contribution in [0.25, 0.3) is 55.8 Å². The molecule has 1 saturated carbocycles. The van der Waals surface area contributed by atoms with Crippen molar-refractivity contribution in [1.82, 2.24) is 35.1 Å². The molecule has 5 aromatic heterocycles. The molecule has 180 valence electrons. The van der Waals surface area contributed by atoms with Crippen LogP contribution in [0.5, 0.6) is 0 Å². The maximum atomic E-state index is 13.9. The van der Waals surface area contributed by atoms with E-state index in [1.807, 2.05) is 18.2 Å². The fourth-order valence-electron chi connectivity index (χ4n) is 4.41. The van der Waals surface area contributed by atoms with Gasteiger partial charge in [-0.2, -0.15) is 5.10 Å². The summed E-state index contributed by atoms with van der Waals surface area (Å²) in [7, 11) is 0. The third-order valence-corrected chi connectivity index (χ3v) is 6.45. The molecular formula is C27H19FN8O. The summed E-state index contributed by atoms with van der Waals surface area (Å²) >= 11 is 0. The first-order valence-electron chi connectivity index (χ1n) is 11.8. The molecule has 7 rings (SSSR count). The SMILES string of the molecule is O=C(Nc1cncc(-c2cc3c(-c4nc5c(-c6cccc(F)c6)cncc5[nH]4)n[nH]c3cn2)c1)C1CC1. The minimum atomic E-state index is -0.325. The van der Waals surface area contributed by atoms with Gasteiger partial charge in [-0.3, -0.25) is 24.8 Å². The van der Waals surface area contributed by atoms with Crippen molar-refractivity contribution in [3.8, 4) is 33.9 Å². The second-order valence-electron chi connectivity index (χ2n) is 9.09. The van der Waals surface area contributed by atoms with Crippen LogP contribution in [-0.4, -0.2) is 41.0 Å². The summed E-state index contributed by atoms with van der Waals surface area (Å²) in [5.74, 6) is 0.352. The number of H-pyrrole nitrogens is 2. The van der Waals surface area contributed by atoms with Gasteiger partial charge < -0.3 is 10.3 Å². The van der Waals surface area contributed by atoms with E-state index < -0.39 is 0 Å². The van der Waals surface area contributed by atoms with E-state index in [0.29, 0.717) is 39.5 Å². The number of nitrogens with one attached hydrogen (secondary N) is 3. The monoisotopic (exact) mass is 490 g/mol. The average Bonchev–Trinajstić information content (AvgIpc) is 3.55. The predicted molar refractivity (Wildman–Crippen MR) is 137 cm³/mol. The fourth-order valence-corrected chi connectivity index (χ4v) is 4.41. The van der Waals surface area contributed by atoms with Crippen LogP contribution in [0.4, 0.5) is 10.1 Å². The van der Waals surface area contributed by atoms with E-state index in [4.69, 9.17) is 4.98 Å². The first-order valence-corrected chi connectivity index (χ1v) is 11.8. The molecule has 9 nitrogen and oxygen atoms in total. The lowest BCUT2D eigenvalue weighted by Gasteiger charge is -2.06. The zero-order valence-electron chi connectivity index (χ0n) is 19.4. The number of nitrogens with zero attached hydrogens (tertiary/aromatic N) is 5. The van der Waals surface area contributed by atoms with Gasteiger partial charge in [0.05, 0.1) is 46.5 Å². The van der Waals surface area contributed by atoms with Gasteiger partial charge in [0.25, 0.3) is 0 Å². The molecule has 37 heavy (non-hydrogen) atoms. The number of carbonyl (C=O) groups excluding carboxylic acids is 1. The molecule has 3 N–H and O–H groups in total. The fraction of sp³-hybridized carbons (Fsp3) is 0.111. The Morgan fingerprint density at radius 3 is 2.73 bits per heavy atom. The summed E-state index contributed by atoms with van der Waals surface area (Å²) in [6.07, 6.45) is 10.3. The highest BCUT2D eigenvalue weighted by atomic mass is 19.1. The zero-order chi connectivity index (χ0) is 24.9. The second-order valence-corrected chi connectivity index (χ2v) is 9.09. The Hall–Kier alpha value is -4.99. The van der Waals surface area contributed by atoms with E-state index in [-0.39, 0.29) is 17.6 Å². The molecule has 1 amide bonds. The lowest BCUT2D eigenvalue weighted by molar-refractivity contribution is -0.117. The van der Waals surface area contributed by atoms with E-state index in [9.17, 15) is 9.18 Å². The summed E-state index contributed by atoms with van der Waals surface area (Å²) in [6.45, 7) is 0. The van der Waals surface area contributed by atoms with Gasteiger partial charge in [0, 0.05) is 34.8 Å². The number of carbonyl (C=O) groups is 1. The molecule has 5 heterocycles. The van der Waals surface area contributed by atoms with E-state index in [1.165, 1.54) is 12.1 Å². The molecule has 0 aliphatic heterocycles. The highest BCUT2D eigenvalue weighted by molar-refractivity contribution is 5.98. The molecule has 0 unspecified atom stereocenters. The number of pyridine rings is 3. The number of rotatable bonds is 5. The van der Waals surface area contributed by atoms with Gasteiger partial charge in [0.1, 0.15) is 11.5 Å². The van der Waals surface area contributed by atoms with Crippen LogP contribution in [0.3, 0.4) is 0 Å². The van der Waals surface area contributed by atoms with E-state index in [2.05, 4.69) is 35.5 Å². The Kier molecular flexibility index (Phi) is 4.78. The normalized spacial score (nSPS) is 13.3. The van der Waals surface area contributed by atoms with Crippen molar-refractivity contribution in [2.45, 2.75) is 12.8 Å². The Morgan fingerprint density at radius 2 is 1.86 bits per heavy atom. The van der Waals surface area contributed by atoms with Crippen molar-refractivity contribution in [2.75, 3.05) is 5.32 Å². The molecule has 0 radical (unpaired) electrons. The number of anilines is 1. The third-order valence-electron chi connectivity index (χ3n) is 6.45. The minimum Gasteiger partial charge on any atom is -0.335 e. The number of imidazole rings is 1. The number of benzene rings is 1. The molecule has 1 fully saturated rings. The molecule has 0 bridgehead atoms. The van der Waals surface area contributed by atoms with E-state index in [1.54, 1.807) is 37.1 Å². The molecule has 1 aliphatic rings. The molecule has 6 aromatic rings. The number of aromatic amines is 2. The van der Waals surface area contributed by atoms with Crippen LogP contribution >= 0.6 is 0 Å². The summed E-state index contributed by atoms with van der Waals surface area (Å²) in [6, 6.07) is 10.1. The molecule has 0 spiro atoms. The van der Waals surface area contributed by atoms with Crippen molar-refractivity contribution in [1.29, 1.82) is 0 Å². The number of hydrogen-bond donors (Lipinski definition) is 3. The van der Waals surface area contributed by atoms with Gasteiger partial charge >= 0.3 is 0 Å². The van der Waals surface area contributed by atoms with Gasteiger partial charge in [-0.15, -0.1) is 0 Å². The van der Waals surface area contributed by atoms with Crippen molar-refractivity contribution in [2.24, 2.45) is 5.92 Å². The van der Waals surface area contributed by atoms with Crippen LogP contribution in [0, 0.1) is 11.7 Å². The number of amides is 1. The lowest BCUT2D eigenvalue weighted by Crippen LogP contribution is -2.13. The van der Waals surface area contributed by atoms with Crippen LogP contribution in [0.2, 0.25) is 0 Å². The second kappa shape index (κ2) is 8.30. The zero-order valence-corrected chi connectivity index (χ0v) is 19.4. The van der Waals surface area contributed by atoms with Crippen molar-refractivity contribution in [3.63, 3.8) is 0 Å². The molecule has 1 aliphatic carbocycles. The number of fused-ring (bicyclic) bond motifs is 2. The van der Waals surface area contributed by atoms with Gasteiger partial charge in [-0.05, 0) is 42.7 Å². The van der Waals surface area contributed by atoms with Gasteiger partial charge in [0.15, 0.2) is 5.82 Å². The predicted octanol–water partition coefficient (Wildman–Crippen LogP) is 5.11. The molecular weight excluding hydrogens is 471 g/mol. The van der Waals surface area contributed by atoms with Crippen molar-refractivity contribution in [3.05, 3.63) is 73.2 Å². The maximum Gasteiger partial charge on any atom is 0.227 e. The highest BCUT2D eigenvalue weighted by Crippen LogP contribution is 2.33. The smallest absolute Gasteiger partial charge is 0.227 e. The highest BCUT2D eigenvalue weighted by Gasteiger charge is 2.29. The van der Waals surface area contributed by atoms with Crippen LogP contribution in [0.15, 0.2) is 67.4 Å². The van der Waals surface area contributed by atoms with Crippen LogP contribution in [0.1, 0.15) is 12.8 Å². The summed E-state index contributed by atoms with van der Waals surface area (Å²) in [4.78, 5) is 33.4. The quantitative estimate of drug-likeness (QED) is 0.308. The van der Waals surface area contributed by atoms with Crippen LogP contribution < -0.4 is 5.32 Å². The van der Waals surface area contributed by atoms with E-state index in [0.717, 1.165) is 34.9 Å². The van der Waals surface area contributed by atoms with E-state index >= 15 is 0 Å². The van der Waals surface area contributed by atoms with Gasteiger partial charge in [-0.25, -0.2) is 9.37 Å². The standard InChI is InChI=1S/C27H19FN8O/c28-17-3-1-2-15(6-17)20-11-30-12-23-24(20)34-26(33-23)25-19-8-21(31-13-22(19)35-36-25)16-7-18(10-29-9-16)32-27(37)14-4-5-14/h1-3,6-14H,4-5H2,(H,32,37)(H,33,34)(H,35,36). The number of hydrogen-bond acceptors (Lipinski definition) is 6. The summed E-state index contributed by atoms with van der Waals surface area (Å²) in [5, 5.41) is 11.2. The van der Waals surface area contributed by atoms with Crippen molar-refractivity contribution < 1.29 is 9.18 Å². The number of aromatic nitrogens is 7. The largest absolute Gasteiger partial charge is 0.335 e. The molecule has 10 heteroatoms.